The van der Waals surface area contributed by atoms with Crippen LogP contribution in [0.5, 0.6) is 0 Å². The first-order valence-corrected chi connectivity index (χ1v) is 9.31. The number of rotatable bonds is 5. The lowest BCUT2D eigenvalue weighted by atomic mass is 10.2. The fourth-order valence-corrected chi connectivity index (χ4v) is 3.22. The smallest absolute Gasteiger partial charge is 0.293 e. The molecule has 8 heteroatoms. The van der Waals surface area contributed by atoms with Crippen LogP contribution in [0.4, 0.5) is 11.4 Å². The van der Waals surface area contributed by atoms with E-state index in [1.165, 1.54) is 12.1 Å². The Morgan fingerprint density at radius 2 is 1.87 bits per heavy atom. The van der Waals surface area contributed by atoms with Crippen LogP contribution in [-0.2, 0) is 16.4 Å². The molecule has 0 atom stereocenters. The highest BCUT2D eigenvalue weighted by atomic mass is 79.9. The molecule has 0 aliphatic heterocycles. The van der Waals surface area contributed by atoms with Crippen LogP contribution in [0.15, 0.2) is 51.8 Å². The molecule has 6 nitrogen and oxygen atoms in total. The van der Waals surface area contributed by atoms with Gasteiger partial charge in [-0.1, -0.05) is 34.1 Å². The standard InChI is InChI=1S/C15H15BrN2O4S/c1-17(10-11-5-3-4-6-13(11)16)14-8-7-12(23(2,21)22)9-15(14)18(19)20/h3-9H,10H2,1-2H3. The molecule has 0 fully saturated rings. The van der Waals surface area contributed by atoms with E-state index < -0.39 is 14.8 Å². The minimum Gasteiger partial charge on any atom is -0.365 e. The first kappa shape index (κ1) is 17.4. The quantitative estimate of drug-likeness (QED) is 0.569. The Balaban J connectivity index is 2.42. The van der Waals surface area contributed by atoms with Crippen molar-refractivity contribution in [3.8, 4) is 0 Å². The molecule has 0 aliphatic rings. The molecule has 0 heterocycles. The van der Waals surface area contributed by atoms with E-state index in [0.29, 0.717) is 12.2 Å². The molecule has 0 amide bonds. The molecule has 23 heavy (non-hydrogen) atoms. The first-order chi connectivity index (χ1) is 10.7. The molecule has 122 valence electrons. The van der Waals surface area contributed by atoms with Crippen LogP contribution in [0.3, 0.4) is 0 Å². The number of hydrogen-bond acceptors (Lipinski definition) is 5. The zero-order chi connectivity index (χ0) is 17.2. The number of benzene rings is 2. The number of sulfone groups is 1. The minimum absolute atomic E-state index is 0.0674. The van der Waals surface area contributed by atoms with Gasteiger partial charge in [-0.25, -0.2) is 8.42 Å². The van der Waals surface area contributed by atoms with Crippen molar-refractivity contribution in [2.24, 2.45) is 0 Å². The number of hydrogen-bond donors (Lipinski definition) is 0. The third-order valence-electron chi connectivity index (χ3n) is 3.35. The van der Waals surface area contributed by atoms with Gasteiger partial charge in [0.25, 0.3) is 5.69 Å². The fourth-order valence-electron chi connectivity index (χ4n) is 2.17. The van der Waals surface area contributed by atoms with Gasteiger partial charge in [-0.2, -0.15) is 0 Å². The second-order valence-electron chi connectivity index (χ2n) is 5.13. The van der Waals surface area contributed by atoms with Gasteiger partial charge in [0, 0.05) is 30.4 Å². The molecular formula is C15H15BrN2O4S. The van der Waals surface area contributed by atoms with Crippen LogP contribution < -0.4 is 4.90 Å². The lowest BCUT2D eigenvalue weighted by Gasteiger charge is -2.20. The summed E-state index contributed by atoms with van der Waals surface area (Å²) in [6.45, 7) is 0.445. The number of anilines is 1. The molecule has 2 rings (SSSR count). The Labute approximate surface area is 142 Å². The van der Waals surface area contributed by atoms with E-state index in [-0.39, 0.29) is 10.6 Å². The van der Waals surface area contributed by atoms with Crippen molar-refractivity contribution < 1.29 is 13.3 Å². The van der Waals surface area contributed by atoms with Gasteiger partial charge in [-0.3, -0.25) is 10.1 Å². The van der Waals surface area contributed by atoms with E-state index in [1.807, 2.05) is 24.3 Å². The van der Waals surface area contributed by atoms with Crippen LogP contribution in [0, 0.1) is 10.1 Å². The maximum absolute atomic E-state index is 11.6. The van der Waals surface area contributed by atoms with Gasteiger partial charge in [0.05, 0.1) is 9.82 Å². The summed E-state index contributed by atoms with van der Waals surface area (Å²) in [6.07, 6.45) is 1.02. The summed E-state index contributed by atoms with van der Waals surface area (Å²) in [6, 6.07) is 11.5. The zero-order valence-electron chi connectivity index (χ0n) is 12.6. The molecule has 2 aromatic carbocycles. The topological polar surface area (TPSA) is 80.5 Å². The summed E-state index contributed by atoms with van der Waals surface area (Å²) in [5.41, 5.74) is 1.09. The minimum atomic E-state index is -3.50. The summed E-state index contributed by atoms with van der Waals surface area (Å²) in [5.74, 6) is 0. The summed E-state index contributed by atoms with van der Waals surface area (Å²) in [5, 5.41) is 11.3. The summed E-state index contributed by atoms with van der Waals surface area (Å²) in [7, 11) is -1.77. The maximum Gasteiger partial charge on any atom is 0.293 e. The molecular weight excluding hydrogens is 384 g/mol. The lowest BCUT2D eigenvalue weighted by Crippen LogP contribution is -2.18. The predicted molar refractivity (Wildman–Crippen MR) is 92.5 cm³/mol. The predicted octanol–water partition coefficient (Wildman–Crippen LogP) is 3.40. The van der Waals surface area contributed by atoms with Gasteiger partial charge in [0.2, 0.25) is 0 Å². The Kier molecular flexibility index (Phi) is 5.06. The molecule has 0 bridgehead atoms. The summed E-state index contributed by atoms with van der Waals surface area (Å²) < 4.78 is 24.1. The van der Waals surface area contributed by atoms with Crippen LogP contribution in [0.2, 0.25) is 0 Å². The second-order valence-corrected chi connectivity index (χ2v) is 8.00. The highest BCUT2D eigenvalue weighted by Gasteiger charge is 2.21. The highest BCUT2D eigenvalue weighted by Crippen LogP contribution is 2.31. The SMILES string of the molecule is CN(Cc1ccccc1Br)c1ccc(S(C)(=O)=O)cc1[N+](=O)[O-]. The van der Waals surface area contributed by atoms with Gasteiger partial charge >= 0.3 is 0 Å². The van der Waals surface area contributed by atoms with Crippen molar-refractivity contribution in [2.45, 2.75) is 11.4 Å². The number of nitro groups is 1. The van der Waals surface area contributed by atoms with Crippen molar-refractivity contribution in [3.63, 3.8) is 0 Å². The second kappa shape index (κ2) is 6.67. The Morgan fingerprint density at radius 3 is 2.43 bits per heavy atom. The lowest BCUT2D eigenvalue weighted by molar-refractivity contribution is -0.384. The largest absolute Gasteiger partial charge is 0.365 e. The van der Waals surface area contributed by atoms with E-state index in [0.717, 1.165) is 22.4 Å². The Bertz CT molecular complexity index is 852. The van der Waals surface area contributed by atoms with Crippen LogP contribution in [0.1, 0.15) is 5.56 Å². The average molecular weight is 399 g/mol. The number of nitrogens with zero attached hydrogens (tertiary/aromatic N) is 2. The highest BCUT2D eigenvalue weighted by molar-refractivity contribution is 9.10. The number of nitro benzene ring substituents is 1. The molecule has 0 N–H and O–H groups in total. The van der Waals surface area contributed by atoms with Crippen molar-refractivity contribution in [2.75, 3.05) is 18.2 Å². The zero-order valence-corrected chi connectivity index (χ0v) is 15.0. The molecule has 0 saturated heterocycles. The van der Waals surface area contributed by atoms with E-state index in [9.17, 15) is 18.5 Å². The maximum atomic E-state index is 11.6. The van der Waals surface area contributed by atoms with Crippen LogP contribution >= 0.6 is 15.9 Å². The Hall–Kier alpha value is -1.93. The van der Waals surface area contributed by atoms with Crippen LogP contribution in [-0.4, -0.2) is 26.6 Å². The normalized spacial score (nSPS) is 11.3. The van der Waals surface area contributed by atoms with Crippen molar-refractivity contribution in [1.29, 1.82) is 0 Å². The molecule has 0 radical (unpaired) electrons. The van der Waals surface area contributed by atoms with Gasteiger partial charge in [-0.05, 0) is 23.8 Å². The summed E-state index contributed by atoms with van der Waals surface area (Å²) in [4.78, 5) is 12.4. The van der Waals surface area contributed by atoms with Gasteiger partial charge < -0.3 is 4.90 Å². The third-order valence-corrected chi connectivity index (χ3v) is 5.23. The van der Waals surface area contributed by atoms with Crippen LogP contribution in [0.25, 0.3) is 0 Å². The van der Waals surface area contributed by atoms with E-state index in [2.05, 4.69) is 15.9 Å². The first-order valence-electron chi connectivity index (χ1n) is 6.63. The monoisotopic (exact) mass is 398 g/mol. The third kappa shape index (κ3) is 4.08. The molecule has 0 spiro atoms. The Morgan fingerprint density at radius 1 is 1.22 bits per heavy atom. The van der Waals surface area contributed by atoms with E-state index in [1.54, 1.807) is 11.9 Å². The van der Waals surface area contributed by atoms with Gasteiger partial charge in [-0.15, -0.1) is 0 Å². The van der Waals surface area contributed by atoms with Crippen molar-refractivity contribution in [1.82, 2.24) is 0 Å². The number of halogens is 1. The van der Waals surface area contributed by atoms with E-state index in [4.69, 9.17) is 0 Å². The van der Waals surface area contributed by atoms with Gasteiger partial charge in [0.15, 0.2) is 9.84 Å². The summed E-state index contributed by atoms with van der Waals surface area (Å²) >= 11 is 3.44. The van der Waals surface area contributed by atoms with Gasteiger partial charge in [0.1, 0.15) is 5.69 Å². The molecule has 2 aromatic rings. The van der Waals surface area contributed by atoms with E-state index >= 15 is 0 Å². The molecule has 0 saturated carbocycles. The molecule has 0 aliphatic carbocycles. The average Bonchev–Trinajstić information content (AvgIpc) is 2.48. The molecule has 0 aromatic heterocycles. The fraction of sp³-hybridized carbons (Fsp3) is 0.200. The molecule has 0 unspecified atom stereocenters. The van der Waals surface area contributed by atoms with Crippen molar-refractivity contribution in [3.05, 3.63) is 62.6 Å². The van der Waals surface area contributed by atoms with Crippen molar-refractivity contribution >= 4 is 37.1 Å².